The van der Waals surface area contributed by atoms with Crippen LogP contribution in [0.3, 0.4) is 0 Å². The van der Waals surface area contributed by atoms with Gasteiger partial charge in [-0.2, -0.15) is 0 Å². The van der Waals surface area contributed by atoms with Gasteiger partial charge < -0.3 is 20.1 Å². The van der Waals surface area contributed by atoms with E-state index in [4.69, 9.17) is 9.47 Å². The van der Waals surface area contributed by atoms with E-state index in [0.717, 1.165) is 31.2 Å². The molecular formula is C20H29N3O2S. The van der Waals surface area contributed by atoms with Gasteiger partial charge in [-0.25, -0.2) is 0 Å². The van der Waals surface area contributed by atoms with Gasteiger partial charge in [0.25, 0.3) is 0 Å². The lowest BCUT2D eigenvalue weighted by Crippen LogP contribution is -2.36. The highest BCUT2D eigenvalue weighted by atomic mass is 32.1. The summed E-state index contributed by atoms with van der Waals surface area (Å²) < 4.78 is 10.9. The van der Waals surface area contributed by atoms with Crippen LogP contribution in [-0.4, -0.2) is 32.8 Å². The van der Waals surface area contributed by atoms with E-state index < -0.39 is 0 Å². The Labute approximate surface area is 160 Å². The van der Waals surface area contributed by atoms with Crippen LogP contribution in [0.2, 0.25) is 0 Å². The maximum atomic E-state index is 5.63. The standard InChI is InChI=1S/C20H29N3O2S/c1-4-24-10-11-25-15-18-7-5-6-17(12-18)13-22-20(21-3)23-14-19-9-8-16(2)26-19/h5-9,12H,4,10-11,13-15H2,1-3H3,(H2,21,22,23). The fourth-order valence-electron chi connectivity index (χ4n) is 2.44. The van der Waals surface area contributed by atoms with Gasteiger partial charge in [0.15, 0.2) is 5.96 Å². The summed E-state index contributed by atoms with van der Waals surface area (Å²) in [7, 11) is 1.79. The second kappa shape index (κ2) is 11.7. The first-order valence-electron chi connectivity index (χ1n) is 8.94. The Balaban J connectivity index is 1.75. The van der Waals surface area contributed by atoms with Crippen molar-refractivity contribution in [1.82, 2.24) is 10.6 Å². The van der Waals surface area contributed by atoms with Crippen molar-refractivity contribution in [3.63, 3.8) is 0 Å². The molecule has 0 bridgehead atoms. The van der Waals surface area contributed by atoms with Gasteiger partial charge in [0.05, 0.1) is 26.4 Å². The molecular weight excluding hydrogens is 346 g/mol. The van der Waals surface area contributed by atoms with E-state index in [-0.39, 0.29) is 0 Å². The summed E-state index contributed by atoms with van der Waals surface area (Å²) in [5.41, 5.74) is 2.36. The SMILES string of the molecule is CCOCCOCc1cccc(CNC(=NC)NCc2ccc(C)s2)c1. The van der Waals surface area contributed by atoms with E-state index in [9.17, 15) is 0 Å². The van der Waals surface area contributed by atoms with Crippen LogP contribution in [0, 0.1) is 6.92 Å². The second-order valence-electron chi connectivity index (χ2n) is 5.86. The van der Waals surface area contributed by atoms with Crippen molar-refractivity contribution in [3.05, 3.63) is 57.3 Å². The van der Waals surface area contributed by atoms with E-state index in [1.54, 1.807) is 18.4 Å². The zero-order chi connectivity index (χ0) is 18.6. The van der Waals surface area contributed by atoms with Crippen LogP contribution >= 0.6 is 11.3 Å². The molecule has 1 heterocycles. The molecule has 142 valence electrons. The average Bonchev–Trinajstić information content (AvgIpc) is 3.07. The van der Waals surface area contributed by atoms with Crippen molar-refractivity contribution >= 4 is 17.3 Å². The predicted octanol–water partition coefficient (Wildman–Crippen LogP) is 3.47. The van der Waals surface area contributed by atoms with E-state index in [1.165, 1.54) is 15.3 Å². The second-order valence-corrected chi connectivity index (χ2v) is 7.23. The first kappa shape index (κ1) is 20.4. The molecule has 0 spiro atoms. The van der Waals surface area contributed by atoms with Gasteiger partial charge in [0.1, 0.15) is 0 Å². The summed E-state index contributed by atoms with van der Waals surface area (Å²) in [4.78, 5) is 6.91. The number of benzene rings is 1. The molecule has 5 nitrogen and oxygen atoms in total. The van der Waals surface area contributed by atoms with Gasteiger partial charge in [0.2, 0.25) is 0 Å². The van der Waals surface area contributed by atoms with Crippen LogP contribution in [0.25, 0.3) is 0 Å². The normalized spacial score (nSPS) is 11.6. The molecule has 0 atom stereocenters. The third-order valence-electron chi connectivity index (χ3n) is 3.75. The third-order valence-corrected chi connectivity index (χ3v) is 4.75. The molecule has 1 aromatic carbocycles. The molecule has 0 amide bonds. The Kier molecular flexibility index (Phi) is 9.17. The topological polar surface area (TPSA) is 54.9 Å². The van der Waals surface area contributed by atoms with Gasteiger partial charge in [-0.05, 0) is 37.1 Å². The largest absolute Gasteiger partial charge is 0.379 e. The first-order chi connectivity index (χ1) is 12.7. The lowest BCUT2D eigenvalue weighted by molar-refractivity contribution is 0.0453. The van der Waals surface area contributed by atoms with Crippen LogP contribution in [0.15, 0.2) is 41.4 Å². The summed E-state index contributed by atoms with van der Waals surface area (Å²) in [6, 6.07) is 12.7. The highest BCUT2D eigenvalue weighted by Crippen LogP contribution is 2.14. The summed E-state index contributed by atoms with van der Waals surface area (Å²) in [5.74, 6) is 0.800. The predicted molar refractivity (Wildman–Crippen MR) is 109 cm³/mol. The van der Waals surface area contributed by atoms with Gasteiger partial charge in [-0.1, -0.05) is 24.3 Å². The quantitative estimate of drug-likeness (QED) is 0.379. The molecule has 2 aromatic rings. The molecule has 2 rings (SSSR count). The lowest BCUT2D eigenvalue weighted by atomic mass is 10.1. The molecule has 1 aromatic heterocycles. The summed E-state index contributed by atoms with van der Waals surface area (Å²) in [5, 5.41) is 6.71. The highest BCUT2D eigenvalue weighted by molar-refractivity contribution is 7.11. The number of hydrogen-bond acceptors (Lipinski definition) is 4. The van der Waals surface area contributed by atoms with Gasteiger partial charge >= 0.3 is 0 Å². The number of nitrogens with zero attached hydrogens (tertiary/aromatic N) is 1. The molecule has 0 saturated carbocycles. The molecule has 0 aliphatic rings. The number of aryl methyl sites for hydroxylation is 1. The van der Waals surface area contributed by atoms with Crippen LogP contribution in [-0.2, 0) is 29.2 Å². The van der Waals surface area contributed by atoms with E-state index >= 15 is 0 Å². The molecule has 0 aliphatic heterocycles. The van der Waals surface area contributed by atoms with Crippen molar-refractivity contribution in [2.24, 2.45) is 4.99 Å². The number of aliphatic imine (C=N–C) groups is 1. The van der Waals surface area contributed by atoms with Gasteiger partial charge in [0, 0.05) is 30.0 Å². The molecule has 0 aliphatic carbocycles. The number of rotatable bonds is 10. The summed E-state index contributed by atoms with van der Waals surface area (Å²) in [6.45, 7) is 8.20. The Bertz CT molecular complexity index is 685. The minimum Gasteiger partial charge on any atom is -0.379 e. The van der Waals surface area contributed by atoms with Gasteiger partial charge in [-0.15, -0.1) is 11.3 Å². The Morgan fingerprint density at radius 1 is 1.04 bits per heavy atom. The van der Waals surface area contributed by atoms with E-state index in [2.05, 4.69) is 58.9 Å². The van der Waals surface area contributed by atoms with Crippen molar-refractivity contribution in [2.45, 2.75) is 33.5 Å². The third kappa shape index (κ3) is 7.56. The average molecular weight is 376 g/mol. The minimum absolute atomic E-state index is 0.603. The minimum atomic E-state index is 0.603. The van der Waals surface area contributed by atoms with Gasteiger partial charge in [-0.3, -0.25) is 4.99 Å². The zero-order valence-corrected chi connectivity index (χ0v) is 16.7. The van der Waals surface area contributed by atoms with Crippen molar-refractivity contribution in [1.29, 1.82) is 0 Å². The smallest absolute Gasteiger partial charge is 0.191 e. The van der Waals surface area contributed by atoms with E-state index in [0.29, 0.717) is 19.8 Å². The number of thiophene rings is 1. The van der Waals surface area contributed by atoms with Crippen LogP contribution in [0.1, 0.15) is 27.8 Å². The fourth-order valence-corrected chi connectivity index (χ4v) is 3.27. The molecule has 0 unspecified atom stereocenters. The number of guanidine groups is 1. The molecule has 0 radical (unpaired) electrons. The lowest BCUT2D eigenvalue weighted by Gasteiger charge is -2.12. The zero-order valence-electron chi connectivity index (χ0n) is 15.9. The maximum Gasteiger partial charge on any atom is 0.191 e. The number of nitrogens with one attached hydrogen (secondary N) is 2. The van der Waals surface area contributed by atoms with Crippen molar-refractivity contribution < 1.29 is 9.47 Å². The Morgan fingerprint density at radius 3 is 2.54 bits per heavy atom. The molecule has 0 saturated heterocycles. The summed E-state index contributed by atoms with van der Waals surface area (Å²) in [6.07, 6.45) is 0. The highest BCUT2D eigenvalue weighted by Gasteiger charge is 2.02. The maximum absolute atomic E-state index is 5.63. The Morgan fingerprint density at radius 2 is 1.81 bits per heavy atom. The number of ether oxygens (including phenoxy) is 2. The van der Waals surface area contributed by atoms with Crippen molar-refractivity contribution in [2.75, 3.05) is 26.9 Å². The summed E-state index contributed by atoms with van der Waals surface area (Å²) >= 11 is 1.80. The van der Waals surface area contributed by atoms with Crippen LogP contribution in [0.5, 0.6) is 0 Å². The monoisotopic (exact) mass is 375 g/mol. The van der Waals surface area contributed by atoms with Crippen LogP contribution in [0.4, 0.5) is 0 Å². The van der Waals surface area contributed by atoms with Crippen LogP contribution < -0.4 is 10.6 Å². The Hall–Kier alpha value is -1.89. The number of hydrogen-bond donors (Lipinski definition) is 2. The molecule has 0 fully saturated rings. The van der Waals surface area contributed by atoms with E-state index in [1.807, 2.05) is 6.92 Å². The molecule has 6 heteroatoms. The first-order valence-corrected chi connectivity index (χ1v) is 9.76. The molecule has 26 heavy (non-hydrogen) atoms. The molecule has 2 N–H and O–H groups in total. The van der Waals surface area contributed by atoms with Crippen molar-refractivity contribution in [3.8, 4) is 0 Å². The fraction of sp³-hybridized carbons (Fsp3) is 0.450.